The van der Waals surface area contributed by atoms with Crippen LogP contribution in [0.5, 0.6) is 0 Å². The second-order valence-electron chi connectivity index (χ2n) is 4.51. The van der Waals surface area contributed by atoms with Gasteiger partial charge in [0.1, 0.15) is 0 Å². The topological polar surface area (TPSA) is 58.2 Å². The van der Waals surface area contributed by atoms with Gasteiger partial charge in [0.25, 0.3) is 0 Å². The normalized spacial score (nSPS) is 26.0. The van der Waals surface area contributed by atoms with E-state index in [4.69, 9.17) is 0 Å². The molecule has 0 aromatic rings. The first-order chi connectivity index (χ1) is 8.07. The van der Waals surface area contributed by atoms with Gasteiger partial charge in [0.15, 0.2) is 0 Å². The van der Waals surface area contributed by atoms with Gasteiger partial charge in [-0.3, -0.25) is 0 Å². The van der Waals surface area contributed by atoms with E-state index in [-0.39, 0.29) is 11.8 Å². The third-order valence-corrected chi connectivity index (χ3v) is 5.63. The second kappa shape index (κ2) is 7.61. The second-order valence-corrected chi connectivity index (χ2v) is 7.52. The third kappa shape index (κ3) is 6.08. The Labute approximate surface area is 109 Å². The molecular formula is C11H24N2O2S2. The highest BCUT2D eigenvalue weighted by molar-refractivity contribution is 7.99. The molecule has 1 aliphatic rings. The minimum atomic E-state index is -3.11. The minimum absolute atomic E-state index is 0.146. The Balaban J connectivity index is 2.36. The molecule has 0 bridgehead atoms. The van der Waals surface area contributed by atoms with Gasteiger partial charge in [0.05, 0.1) is 5.75 Å². The summed E-state index contributed by atoms with van der Waals surface area (Å²) >= 11 is 1.85. The summed E-state index contributed by atoms with van der Waals surface area (Å²) in [4.78, 5) is 0. The Morgan fingerprint density at radius 1 is 1.35 bits per heavy atom. The highest BCUT2D eigenvalue weighted by atomic mass is 32.2. The molecule has 0 heterocycles. The average Bonchev–Trinajstić information content (AvgIpc) is 2.29. The molecule has 0 radical (unpaired) electrons. The van der Waals surface area contributed by atoms with Gasteiger partial charge in [0.2, 0.25) is 10.0 Å². The van der Waals surface area contributed by atoms with Gasteiger partial charge < -0.3 is 5.32 Å². The van der Waals surface area contributed by atoms with Crippen LogP contribution >= 0.6 is 11.8 Å². The third-order valence-electron chi connectivity index (χ3n) is 3.10. The highest BCUT2D eigenvalue weighted by Gasteiger charge is 2.24. The smallest absolute Gasteiger partial charge is 0.213 e. The van der Waals surface area contributed by atoms with Crippen LogP contribution in [0.15, 0.2) is 0 Å². The molecule has 2 unspecified atom stereocenters. The van der Waals surface area contributed by atoms with Crippen LogP contribution < -0.4 is 10.0 Å². The van der Waals surface area contributed by atoms with Crippen molar-refractivity contribution < 1.29 is 8.42 Å². The zero-order chi connectivity index (χ0) is 12.7. The van der Waals surface area contributed by atoms with Gasteiger partial charge >= 0.3 is 0 Å². The molecule has 1 aliphatic carbocycles. The molecule has 0 saturated heterocycles. The highest BCUT2D eigenvalue weighted by Crippen LogP contribution is 2.27. The van der Waals surface area contributed by atoms with Gasteiger partial charge in [-0.2, -0.15) is 11.8 Å². The molecule has 0 aliphatic heterocycles. The summed E-state index contributed by atoms with van der Waals surface area (Å²) in [7, 11) is -3.11. The van der Waals surface area contributed by atoms with Crippen molar-refractivity contribution in [1.82, 2.24) is 10.0 Å². The lowest BCUT2D eigenvalue weighted by Gasteiger charge is -2.28. The van der Waals surface area contributed by atoms with Crippen LogP contribution in [0, 0.1) is 0 Å². The Kier molecular flexibility index (Phi) is 6.84. The van der Waals surface area contributed by atoms with E-state index in [9.17, 15) is 8.42 Å². The van der Waals surface area contributed by atoms with Crippen molar-refractivity contribution in [2.45, 2.75) is 43.9 Å². The van der Waals surface area contributed by atoms with Crippen LogP contribution in [0.1, 0.15) is 32.6 Å². The maximum absolute atomic E-state index is 11.8. The summed E-state index contributed by atoms with van der Waals surface area (Å²) in [6.45, 7) is 3.32. The van der Waals surface area contributed by atoms with Gasteiger partial charge in [-0.15, -0.1) is 0 Å². The lowest BCUT2D eigenvalue weighted by atomic mass is 9.96. The predicted octanol–water partition coefficient (Wildman–Crippen LogP) is 1.19. The largest absolute Gasteiger partial charge is 0.316 e. The molecule has 2 atom stereocenters. The molecule has 0 aromatic carbocycles. The van der Waals surface area contributed by atoms with Crippen molar-refractivity contribution in [3.8, 4) is 0 Å². The quantitative estimate of drug-likeness (QED) is 0.688. The predicted molar refractivity (Wildman–Crippen MR) is 75.0 cm³/mol. The first kappa shape index (κ1) is 15.3. The number of nitrogens with one attached hydrogen (secondary N) is 2. The summed E-state index contributed by atoms with van der Waals surface area (Å²) in [6.07, 6.45) is 6.41. The molecule has 1 rings (SSSR count). The zero-order valence-electron chi connectivity index (χ0n) is 10.7. The Hall–Kier alpha value is 0.220. The summed E-state index contributed by atoms with van der Waals surface area (Å²) in [6, 6.07) is 0.146. The molecule has 17 heavy (non-hydrogen) atoms. The summed E-state index contributed by atoms with van der Waals surface area (Å²) in [5.41, 5.74) is 0. The van der Waals surface area contributed by atoms with Gasteiger partial charge in [-0.25, -0.2) is 13.1 Å². The van der Waals surface area contributed by atoms with E-state index in [1.54, 1.807) is 0 Å². The summed E-state index contributed by atoms with van der Waals surface area (Å²) < 4.78 is 26.5. The Morgan fingerprint density at radius 2 is 2.12 bits per heavy atom. The average molecular weight is 280 g/mol. The first-order valence-corrected chi connectivity index (χ1v) is 9.25. The summed E-state index contributed by atoms with van der Waals surface area (Å²) in [5, 5.41) is 3.65. The van der Waals surface area contributed by atoms with Crippen LogP contribution in [0.4, 0.5) is 0 Å². The zero-order valence-corrected chi connectivity index (χ0v) is 12.4. The molecule has 1 fully saturated rings. The minimum Gasteiger partial charge on any atom is -0.316 e. The van der Waals surface area contributed by atoms with Crippen LogP contribution in [0.2, 0.25) is 0 Å². The van der Waals surface area contributed by atoms with Gasteiger partial charge in [-0.05, 0) is 32.1 Å². The number of hydrogen-bond donors (Lipinski definition) is 2. The van der Waals surface area contributed by atoms with E-state index < -0.39 is 10.0 Å². The molecule has 102 valence electrons. The number of rotatable bonds is 7. The fourth-order valence-corrected chi connectivity index (χ4v) is 4.24. The van der Waals surface area contributed by atoms with Crippen molar-refractivity contribution in [1.29, 1.82) is 0 Å². The van der Waals surface area contributed by atoms with E-state index >= 15 is 0 Å². The maximum atomic E-state index is 11.8. The van der Waals surface area contributed by atoms with Crippen LogP contribution in [0.3, 0.4) is 0 Å². The van der Waals surface area contributed by atoms with E-state index in [0.717, 1.165) is 25.8 Å². The van der Waals surface area contributed by atoms with Crippen molar-refractivity contribution in [2.75, 3.05) is 25.1 Å². The van der Waals surface area contributed by atoms with Crippen LogP contribution in [0.25, 0.3) is 0 Å². The van der Waals surface area contributed by atoms with E-state index in [1.165, 1.54) is 6.42 Å². The van der Waals surface area contributed by atoms with E-state index in [2.05, 4.69) is 16.3 Å². The molecular weight excluding hydrogens is 256 g/mol. The molecule has 1 saturated carbocycles. The number of thioether (sulfide) groups is 1. The molecule has 0 amide bonds. The number of hydrogen-bond acceptors (Lipinski definition) is 4. The van der Waals surface area contributed by atoms with E-state index in [1.807, 2.05) is 18.7 Å². The lowest BCUT2D eigenvalue weighted by Crippen LogP contribution is -2.41. The van der Waals surface area contributed by atoms with E-state index in [0.29, 0.717) is 11.8 Å². The lowest BCUT2D eigenvalue weighted by molar-refractivity contribution is 0.420. The van der Waals surface area contributed by atoms with Crippen molar-refractivity contribution in [2.24, 2.45) is 0 Å². The molecule has 2 N–H and O–H groups in total. The monoisotopic (exact) mass is 280 g/mol. The fraction of sp³-hybridized carbons (Fsp3) is 1.00. The van der Waals surface area contributed by atoms with Crippen LogP contribution in [-0.2, 0) is 10.0 Å². The van der Waals surface area contributed by atoms with Gasteiger partial charge in [0, 0.05) is 17.8 Å². The molecule has 0 aromatic heterocycles. The van der Waals surface area contributed by atoms with Gasteiger partial charge in [-0.1, -0.05) is 13.3 Å². The fourth-order valence-electron chi connectivity index (χ4n) is 2.16. The summed E-state index contributed by atoms with van der Waals surface area (Å²) in [5.74, 6) is 0.182. The Morgan fingerprint density at radius 3 is 2.76 bits per heavy atom. The van der Waals surface area contributed by atoms with Crippen LogP contribution in [-0.4, -0.2) is 44.8 Å². The standard InChI is InChI=1S/C11H24N2O2S2/c1-3-12-7-8-17(14,15)13-10-5-4-6-11(9-10)16-2/h10-13H,3-9H2,1-2H3. The van der Waals surface area contributed by atoms with Crippen molar-refractivity contribution in [3.05, 3.63) is 0 Å². The number of sulfonamides is 1. The van der Waals surface area contributed by atoms with Crippen molar-refractivity contribution >= 4 is 21.8 Å². The molecule has 6 heteroatoms. The molecule has 4 nitrogen and oxygen atoms in total. The maximum Gasteiger partial charge on any atom is 0.213 e. The van der Waals surface area contributed by atoms with Crippen molar-refractivity contribution in [3.63, 3.8) is 0 Å². The SMILES string of the molecule is CCNCCS(=O)(=O)NC1CCCC(SC)C1. The first-order valence-electron chi connectivity index (χ1n) is 6.31. The Bertz CT molecular complexity index is 307. The molecule has 0 spiro atoms.